The van der Waals surface area contributed by atoms with Crippen molar-refractivity contribution in [3.05, 3.63) is 0 Å². The predicted octanol–water partition coefficient (Wildman–Crippen LogP) is -0.566. The van der Waals surface area contributed by atoms with Gasteiger partial charge in [-0.1, -0.05) is 0 Å². The maximum absolute atomic E-state index is 9.20. The summed E-state index contributed by atoms with van der Waals surface area (Å²) in [5.74, 6) is 0. The third kappa shape index (κ3) is 1.94. The summed E-state index contributed by atoms with van der Waals surface area (Å²) < 4.78 is 0. The average Bonchev–Trinajstić information content (AvgIpc) is 2.04. The van der Waals surface area contributed by atoms with Crippen LogP contribution in [0.1, 0.15) is 12.8 Å². The zero-order chi connectivity index (χ0) is 7.56. The van der Waals surface area contributed by atoms with E-state index < -0.39 is 12.2 Å². The van der Waals surface area contributed by atoms with Gasteiger partial charge in [0.2, 0.25) is 0 Å². The molecule has 0 spiro atoms. The summed E-state index contributed by atoms with van der Waals surface area (Å²) >= 11 is 0. The summed E-state index contributed by atoms with van der Waals surface area (Å²) in [5, 5.41) is 18.4. The predicted molar refractivity (Wildman–Crippen MR) is 38.7 cm³/mol. The zero-order valence-electron chi connectivity index (χ0n) is 6.32. The van der Waals surface area contributed by atoms with Gasteiger partial charge in [-0.25, -0.2) is 0 Å². The largest absolute Gasteiger partial charge is 0.390 e. The molecule has 1 rings (SSSR count). The highest BCUT2D eigenvalue weighted by atomic mass is 16.3. The van der Waals surface area contributed by atoms with Crippen molar-refractivity contribution in [1.82, 2.24) is 4.90 Å². The molecule has 1 aliphatic rings. The lowest BCUT2D eigenvalue weighted by Crippen LogP contribution is -2.24. The van der Waals surface area contributed by atoms with Crippen molar-refractivity contribution in [2.24, 2.45) is 0 Å². The lowest BCUT2D eigenvalue weighted by atomic mass is 10.1. The highest BCUT2D eigenvalue weighted by molar-refractivity contribution is 4.73. The van der Waals surface area contributed by atoms with Crippen molar-refractivity contribution in [1.29, 1.82) is 0 Å². The SMILES string of the molecule is CN1CC[C@H](O)[C@@H](O)CC1. The van der Waals surface area contributed by atoms with Gasteiger partial charge in [0.1, 0.15) is 0 Å². The Balaban J connectivity index is 2.38. The van der Waals surface area contributed by atoms with E-state index in [1.165, 1.54) is 0 Å². The van der Waals surface area contributed by atoms with E-state index in [0.29, 0.717) is 12.8 Å². The van der Waals surface area contributed by atoms with Gasteiger partial charge in [-0.3, -0.25) is 0 Å². The van der Waals surface area contributed by atoms with Crippen molar-refractivity contribution in [2.75, 3.05) is 20.1 Å². The Hall–Kier alpha value is -0.120. The minimum absolute atomic E-state index is 0.509. The van der Waals surface area contributed by atoms with Gasteiger partial charge in [0.25, 0.3) is 0 Å². The van der Waals surface area contributed by atoms with Crippen LogP contribution in [0.3, 0.4) is 0 Å². The van der Waals surface area contributed by atoms with Gasteiger partial charge in [-0.15, -0.1) is 0 Å². The third-order valence-electron chi connectivity index (χ3n) is 2.06. The standard InChI is InChI=1S/C7H15NO2/c1-8-4-2-6(9)7(10)3-5-8/h6-7,9-10H,2-5H2,1H3/t6-,7-/m0/s1. The maximum Gasteiger partial charge on any atom is 0.0811 e. The van der Waals surface area contributed by atoms with Crippen molar-refractivity contribution in [3.8, 4) is 0 Å². The summed E-state index contributed by atoms with van der Waals surface area (Å²) in [5.41, 5.74) is 0. The highest BCUT2D eigenvalue weighted by Gasteiger charge is 2.20. The molecule has 3 nitrogen and oxygen atoms in total. The van der Waals surface area contributed by atoms with Crippen LogP contribution in [0, 0.1) is 0 Å². The fourth-order valence-electron chi connectivity index (χ4n) is 1.20. The Bertz CT molecular complexity index is 95.8. The summed E-state index contributed by atoms with van der Waals surface area (Å²) in [6.07, 6.45) is 0.366. The molecule has 3 heteroatoms. The van der Waals surface area contributed by atoms with Gasteiger partial charge in [0, 0.05) is 13.1 Å². The fourth-order valence-corrected chi connectivity index (χ4v) is 1.20. The molecule has 0 aromatic heterocycles. The topological polar surface area (TPSA) is 43.7 Å². The lowest BCUT2D eigenvalue weighted by molar-refractivity contribution is 0.0187. The Morgan fingerprint density at radius 1 is 1.10 bits per heavy atom. The number of aliphatic hydroxyl groups excluding tert-OH is 2. The molecular weight excluding hydrogens is 130 g/mol. The molecule has 0 amide bonds. The fraction of sp³-hybridized carbons (Fsp3) is 1.00. The molecule has 0 saturated carbocycles. The number of hydrogen-bond acceptors (Lipinski definition) is 3. The van der Waals surface area contributed by atoms with E-state index in [2.05, 4.69) is 4.90 Å². The first kappa shape index (κ1) is 7.98. The molecule has 60 valence electrons. The quantitative estimate of drug-likeness (QED) is 0.480. The van der Waals surface area contributed by atoms with Crippen LogP contribution < -0.4 is 0 Å². The second-order valence-electron chi connectivity index (χ2n) is 3.02. The van der Waals surface area contributed by atoms with Crippen LogP contribution in [-0.2, 0) is 0 Å². The first-order valence-electron chi connectivity index (χ1n) is 3.75. The van der Waals surface area contributed by atoms with Crippen molar-refractivity contribution in [2.45, 2.75) is 25.0 Å². The van der Waals surface area contributed by atoms with E-state index in [4.69, 9.17) is 0 Å². The first-order valence-corrected chi connectivity index (χ1v) is 3.75. The number of nitrogens with zero attached hydrogens (tertiary/aromatic N) is 1. The van der Waals surface area contributed by atoms with Crippen LogP contribution in [0.15, 0.2) is 0 Å². The molecule has 1 heterocycles. The van der Waals surface area contributed by atoms with E-state index in [1.54, 1.807) is 0 Å². The molecule has 2 N–H and O–H groups in total. The summed E-state index contributed by atoms with van der Waals surface area (Å²) in [7, 11) is 2.00. The van der Waals surface area contributed by atoms with E-state index in [-0.39, 0.29) is 0 Å². The molecule has 0 bridgehead atoms. The second kappa shape index (κ2) is 3.32. The molecule has 10 heavy (non-hydrogen) atoms. The minimum atomic E-state index is -0.509. The summed E-state index contributed by atoms with van der Waals surface area (Å²) in [6.45, 7) is 1.77. The zero-order valence-corrected chi connectivity index (χ0v) is 6.32. The van der Waals surface area contributed by atoms with Crippen molar-refractivity contribution in [3.63, 3.8) is 0 Å². The monoisotopic (exact) mass is 145 g/mol. The highest BCUT2D eigenvalue weighted by Crippen LogP contribution is 2.09. The van der Waals surface area contributed by atoms with Crippen LogP contribution in [0.4, 0.5) is 0 Å². The summed E-state index contributed by atoms with van der Waals surface area (Å²) in [4.78, 5) is 2.12. The Labute approximate surface area is 61.3 Å². The number of aliphatic hydroxyl groups is 2. The number of hydrogen-bond donors (Lipinski definition) is 2. The van der Waals surface area contributed by atoms with Crippen molar-refractivity contribution >= 4 is 0 Å². The molecule has 2 atom stereocenters. The molecule has 0 aliphatic carbocycles. The first-order chi connectivity index (χ1) is 4.70. The smallest absolute Gasteiger partial charge is 0.0811 e. The third-order valence-corrected chi connectivity index (χ3v) is 2.06. The maximum atomic E-state index is 9.20. The van der Waals surface area contributed by atoms with Gasteiger partial charge < -0.3 is 15.1 Å². The second-order valence-corrected chi connectivity index (χ2v) is 3.02. The molecule has 1 aliphatic heterocycles. The number of likely N-dealkylation sites (tertiary alicyclic amines) is 1. The van der Waals surface area contributed by atoms with Crippen LogP contribution >= 0.6 is 0 Å². The van der Waals surface area contributed by atoms with Crippen LogP contribution in [0.2, 0.25) is 0 Å². The van der Waals surface area contributed by atoms with Gasteiger partial charge >= 0.3 is 0 Å². The van der Waals surface area contributed by atoms with E-state index in [1.807, 2.05) is 7.05 Å². The Morgan fingerprint density at radius 2 is 1.50 bits per heavy atom. The van der Waals surface area contributed by atoms with Gasteiger partial charge in [0.15, 0.2) is 0 Å². The molecule has 0 radical (unpaired) electrons. The van der Waals surface area contributed by atoms with Crippen LogP contribution in [0.25, 0.3) is 0 Å². The van der Waals surface area contributed by atoms with E-state index in [9.17, 15) is 10.2 Å². The Morgan fingerprint density at radius 3 is 1.90 bits per heavy atom. The normalized spacial score (nSPS) is 37.5. The number of rotatable bonds is 0. The van der Waals surface area contributed by atoms with Crippen LogP contribution in [0.5, 0.6) is 0 Å². The van der Waals surface area contributed by atoms with Gasteiger partial charge in [0.05, 0.1) is 12.2 Å². The van der Waals surface area contributed by atoms with Crippen LogP contribution in [-0.4, -0.2) is 47.5 Å². The molecule has 0 unspecified atom stereocenters. The van der Waals surface area contributed by atoms with E-state index in [0.717, 1.165) is 13.1 Å². The van der Waals surface area contributed by atoms with Gasteiger partial charge in [-0.05, 0) is 19.9 Å². The molecule has 0 aromatic carbocycles. The molecular formula is C7H15NO2. The molecule has 1 fully saturated rings. The minimum Gasteiger partial charge on any atom is -0.390 e. The molecule has 0 aromatic rings. The van der Waals surface area contributed by atoms with Gasteiger partial charge in [-0.2, -0.15) is 0 Å². The Kier molecular flexibility index (Phi) is 2.65. The molecule has 1 saturated heterocycles. The lowest BCUT2D eigenvalue weighted by Gasteiger charge is -2.11. The van der Waals surface area contributed by atoms with Crippen molar-refractivity contribution < 1.29 is 10.2 Å². The summed E-state index contributed by atoms with van der Waals surface area (Å²) in [6, 6.07) is 0. The average molecular weight is 145 g/mol. The van der Waals surface area contributed by atoms with E-state index >= 15 is 0 Å².